The second kappa shape index (κ2) is 8.19. The van der Waals surface area contributed by atoms with Gasteiger partial charge in [-0.3, -0.25) is 9.69 Å². The number of nitrogens with one attached hydrogen (secondary N) is 1. The van der Waals surface area contributed by atoms with Crippen molar-refractivity contribution in [3.63, 3.8) is 0 Å². The van der Waals surface area contributed by atoms with Gasteiger partial charge >= 0.3 is 6.18 Å². The van der Waals surface area contributed by atoms with E-state index in [2.05, 4.69) is 11.4 Å². The van der Waals surface area contributed by atoms with Crippen LogP contribution >= 0.6 is 11.3 Å². The standard InChI is InChI=1S/C19H24F3N3OS/c1-12(25-9-5-6-13(11-25)19(20,21)22)17(26)24-18-15(10-23)14-7-3-2-4-8-16(14)27-18/h12-13H,2-9,11H2,1H3,(H,24,26)/t12-,13-/m0/s1. The van der Waals surface area contributed by atoms with Crippen LogP contribution in [0.15, 0.2) is 0 Å². The number of alkyl halides is 3. The lowest BCUT2D eigenvalue weighted by atomic mass is 9.96. The predicted molar refractivity (Wildman–Crippen MR) is 98.7 cm³/mol. The van der Waals surface area contributed by atoms with Crippen LogP contribution in [0, 0.1) is 17.2 Å². The van der Waals surface area contributed by atoms with Gasteiger partial charge in [-0.2, -0.15) is 18.4 Å². The van der Waals surface area contributed by atoms with Crippen molar-refractivity contribution in [2.45, 2.75) is 64.1 Å². The van der Waals surface area contributed by atoms with E-state index in [1.807, 2.05) is 0 Å². The maximum atomic E-state index is 13.0. The second-order valence-corrected chi connectivity index (χ2v) is 8.53. The highest BCUT2D eigenvalue weighted by Gasteiger charge is 2.43. The zero-order chi connectivity index (χ0) is 19.6. The lowest BCUT2D eigenvalue weighted by Gasteiger charge is -2.36. The molecule has 0 saturated carbocycles. The normalized spacial score (nSPS) is 22.4. The fourth-order valence-corrected chi connectivity index (χ4v) is 5.20. The average Bonchev–Trinajstić information content (AvgIpc) is 2.79. The van der Waals surface area contributed by atoms with Crippen LogP contribution in [0.2, 0.25) is 0 Å². The molecule has 1 N–H and O–H groups in total. The van der Waals surface area contributed by atoms with Crippen molar-refractivity contribution in [1.82, 2.24) is 4.90 Å². The minimum atomic E-state index is -4.23. The van der Waals surface area contributed by atoms with Crippen LogP contribution < -0.4 is 5.32 Å². The number of rotatable bonds is 3. The van der Waals surface area contributed by atoms with E-state index in [-0.39, 0.29) is 18.9 Å². The lowest BCUT2D eigenvalue weighted by molar-refractivity contribution is -0.188. The van der Waals surface area contributed by atoms with Crippen LogP contribution in [0.25, 0.3) is 0 Å². The number of aryl methyl sites for hydroxylation is 1. The quantitative estimate of drug-likeness (QED) is 0.762. The number of nitrogens with zero attached hydrogens (tertiary/aromatic N) is 2. The Hall–Kier alpha value is -1.59. The first kappa shape index (κ1) is 20.2. The van der Waals surface area contributed by atoms with Gasteiger partial charge in [-0.1, -0.05) is 6.42 Å². The van der Waals surface area contributed by atoms with Crippen molar-refractivity contribution in [1.29, 1.82) is 5.26 Å². The molecule has 3 rings (SSSR count). The van der Waals surface area contributed by atoms with E-state index in [9.17, 15) is 23.2 Å². The SMILES string of the molecule is C[C@@H](C(=O)Nc1sc2c(c1C#N)CCCCC2)N1CCC[C@H](C(F)(F)F)C1. The summed E-state index contributed by atoms with van der Waals surface area (Å²) in [5.41, 5.74) is 1.57. The Bertz CT molecular complexity index is 738. The Morgan fingerprint density at radius 3 is 2.74 bits per heavy atom. The third kappa shape index (κ3) is 4.46. The van der Waals surface area contributed by atoms with Crippen LogP contribution in [-0.2, 0) is 17.6 Å². The van der Waals surface area contributed by atoms with E-state index in [1.165, 1.54) is 11.3 Å². The van der Waals surface area contributed by atoms with Crippen LogP contribution in [0.5, 0.6) is 0 Å². The van der Waals surface area contributed by atoms with E-state index in [4.69, 9.17) is 0 Å². The van der Waals surface area contributed by atoms with Crippen LogP contribution in [0.3, 0.4) is 0 Å². The zero-order valence-corrected chi connectivity index (χ0v) is 16.2. The summed E-state index contributed by atoms with van der Waals surface area (Å²) in [5, 5.41) is 12.9. The van der Waals surface area contributed by atoms with Crippen LogP contribution in [-0.4, -0.2) is 36.1 Å². The second-order valence-electron chi connectivity index (χ2n) is 7.42. The van der Waals surface area contributed by atoms with Gasteiger partial charge < -0.3 is 5.32 Å². The van der Waals surface area contributed by atoms with Crippen molar-refractivity contribution < 1.29 is 18.0 Å². The Balaban J connectivity index is 1.71. The summed E-state index contributed by atoms with van der Waals surface area (Å²) in [6.45, 7) is 1.97. The van der Waals surface area contributed by atoms with Gasteiger partial charge in [0.2, 0.25) is 5.91 Å². The van der Waals surface area contributed by atoms with E-state index < -0.39 is 18.1 Å². The topological polar surface area (TPSA) is 56.1 Å². The number of thiophene rings is 1. The molecule has 0 spiro atoms. The van der Waals surface area contributed by atoms with E-state index >= 15 is 0 Å². The number of nitriles is 1. The maximum absolute atomic E-state index is 13.0. The Morgan fingerprint density at radius 2 is 2.04 bits per heavy atom. The smallest absolute Gasteiger partial charge is 0.315 e. The molecule has 1 fully saturated rings. The largest absolute Gasteiger partial charge is 0.393 e. The number of fused-ring (bicyclic) bond motifs is 1. The molecule has 0 unspecified atom stereocenters. The molecule has 0 bridgehead atoms. The van der Waals surface area contributed by atoms with Gasteiger partial charge in [-0.25, -0.2) is 0 Å². The highest BCUT2D eigenvalue weighted by atomic mass is 32.1. The molecule has 0 radical (unpaired) electrons. The molecule has 4 nitrogen and oxygen atoms in total. The van der Waals surface area contributed by atoms with E-state index in [0.717, 1.165) is 42.5 Å². The van der Waals surface area contributed by atoms with E-state index in [1.54, 1.807) is 11.8 Å². The van der Waals surface area contributed by atoms with Crippen molar-refractivity contribution in [3.05, 3.63) is 16.0 Å². The molecule has 8 heteroatoms. The molecule has 2 aliphatic rings. The summed E-state index contributed by atoms with van der Waals surface area (Å²) in [5.74, 6) is -1.72. The maximum Gasteiger partial charge on any atom is 0.393 e. The predicted octanol–water partition coefficient (Wildman–Crippen LogP) is 4.49. The van der Waals surface area contributed by atoms with Gasteiger partial charge in [0.05, 0.1) is 17.5 Å². The summed E-state index contributed by atoms with van der Waals surface area (Å²) in [6, 6.07) is 1.55. The highest BCUT2D eigenvalue weighted by molar-refractivity contribution is 7.16. The van der Waals surface area contributed by atoms with Crippen molar-refractivity contribution >= 4 is 22.2 Å². The van der Waals surface area contributed by atoms with Gasteiger partial charge in [-0.05, 0) is 57.6 Å². The van der Waals surface area contributed by atoms with Crippen molar-refractivity contribution in [2.24, 2.45) is 5.92 Å². The number of carbonyl (C=O) groups is 1. The van der Waals surface area contributed by atoms with Crippen molar-refractivity contribution in [2.75, 3.05) is 18.4 Å². The minimum Gasteiger partial charge on any atom is -0.315 e. The summed E-state index contributed by atoms with van der Waals surface area (Å²) >= 11 is 1.44. The molecular formula is C19H24F3N3OS. The molecule has 1 aliphatic heterocycles. The Morgan fingerprint density at radius 1 is 1.30 bits per heavy atom. The number of anilines is 1. The van der Waals surface area contributed by atoms with Crippen LogP contribution in [0.1, 0.15) is 55.0 Å². The number of amides is 1. The molecule has 1 aromatic rings. The first-order chi connectivity index (χ1) is 12.8. The van der Waals surface area contributed by atoms with Gasteiger partial charge in [0.25, 0.3) is 0 Å². The molecule has 1 saturated heterocycles. The number of carbonyl (C=O) groups excluding carboxylic acids is 1. The third-order valence-electron chi connectivity index (χ3n) is 5.61. The summed E-state index contributed by atoms with van der Waals surface area (Å²) in [7, 11) is 0. The molecule has 148 valence electrons. The monoisotopic (exact) mass is 399 g/mol. The first-order valence-corrected chi connectivity index (χ1v) is 10.3. The lowest BCUT2D eigenvalue weighted by Crippen LogP contribution is -2.49. The third-order valence-corrected chi connectivity index (χ3v) is 6.82. The molecule has 0 aromatic carbocycles. The summed E-state index contributed by atoms with van der Waals surface area (Å²) in [4.78, 5) is 15.4. The Labute approximate surface area is 161 Å². The molecule has 1 aromatic heterocycles. The number of piperidine rings is 1. The van der Waals surface area contributed by atoms with Gasteiger partial charge in [0.1, 0.15) is 11.1 Å². The fourth-order valence-electron chi connectivity index (χ4n) is 3.96. The highest BCUT2D eigenvalue weighted by Crippen LogP contribution is 2.37. The average molecular weight is 399 g/mol. The fraction of sp³-hybridized carbons (Fsp3) is 0.684. The molecule has 2 heterocycles. The van der Waals surface area contributed by atoms with Gasteiger partial charge in [0, 0.05) is 11.4 Å². The molecule has 27 heavy (non-hydrogen) atoms. The number of hydrogen-bond acceptors (Lipinski definition) is 4. The van der Waals surface area contributed by atoms with Crippen molar-refractivity contribution in [3.8, 4) is 6.07 Å². The molecule has 1 amide bonds. The number of hydrogen-bond donors (Lipinski definition) is 1. The van der Waals surface area contributed by atoms with Gasteiger partial charge in [0.15, 0.2) is 0 Å². The van der Waals surface area contributed by atoms with Crippen LogP contribution in [0.4, 0.5) is 18.2 Å². The number of halogens is 3. The van der Waals surface area contributed by atoms with Gasteiger partial charge in [-0.15, -0.1) is 11.3 Å². The van der Waals surface area contributed by atoms with E-state index in [0.29, 0.717) is 23.5 Å². The first-order valence-electron chi connectivity index (χ1n) is 9.47. The number of likely N-dealkylation sites (tertiary alicyclic amines) is 1. The molecular weight excluding hydrogens is 375 g/mol. The molecule has 1 aliphatic carbocycles. The summed E-state index contributed by atoms with van der Waals surface area (Å²) < 4.78 is 39.1. The minimum absolute atomic E-state index is 0.116. The Kier molecular flexibility index (Phi) is 6.11. The summed E-state index contributed by atoms with van der Waals surface area (Å²) in [6.07, 6.45) is 1.33. The molecule has 2 atom stereocenters. The zero-order valence-electron chi connectivity index (χ0n) is 15.4.